The molecule has 0 saturated carbocycles. The fourth-order valence-corrected chi connectivity index (χ4v) is 3.88. The maximum Gasteiger partial charge on any atom is 0.102 e. The molecule has 1 aromatic heterocycles. The molecule has 0 aliphatic rings. The van der Waals surface area contributed by atoms with Crippen molar-refractivity contribution in [3.05, 3.63) is 103 Å². The van der Waals surface area contributed by atoms with E-state index in [1.165, 1.54) is 10.8 Å². The fraction of sp³-hybridized carbons (Fsp3) is 0. The second kappa shape index (κ2) is 6.16. The summed E-state index contributed by atoms with van der Waals surface area (Å²) in [6.07, 6.45) is 0. The van der Waals surface area contributed by atoms with Gasteiger partial charge in [-0.3, -0.25) is 0 Å². The summed E-state index contributed by atoms with van der Waals surface area (Å²) in [6.45, 7) is 0. The topological polar surface area (TPSA) is 28.7 Å². The van der Waals surface area contributed by atoms with E-state index in [-0.39, 0.29) is 0 Å². The first kappa shape index (κ1) is 15.4. The lowest BCUT2D eigenvalue weighted by atomic mass is 9.98. The predicted molar refractivity (Wildman–Crippen MR) is 111 cm³/mol. The molecule has 126 valence electrons. The van der Waals surface area contributed by atoms with E-state index in [1.54, 1.807) is 0 Å². The molecule has 5 aromatic rings. The minimum Gasteiger partial charge on any atom is -0.308 e. The van der Waals surface area contributed by atoms with Crippen LogP contribution in [0, 0.1) is 11.3 Å². The quantitative estimate of drug-likeness (QED) is 0.368. The Balaban J connectivity index is 1.90. The van der Waals surface area contributed by atoms with Crippen molar-refractivity contribution in [3.8, 4) is 22.9 Å². The second-order valence-electron chi connectivity index (χ2n) is 6.55. The van der Waals surface area contributed by atoms with E-state index in [0.717, 1.165) is 27.8 Å². The molecule has 0 saturated heterocycles. The van der Waals surface area contributed by atoms with E-state index in [0.29, 0.717) is 5.56 Å². The van der Waals surface area contributed by atoms with Crippen molar-refractivity contribution < 1.29 is 0 Å². The molecular formula is C25H16N2. The summed E-state index contributed by atoms with van der Waals surface area (Å²) < 4.78 is 2.20. The Kier molecular flexibility index (Phi) is 3.52. The van der Waals surface area contributed by atoms with Gasteiger partial charge in [-0.1, -0.05) is 78.9 Å². The van der Waals surface area contributed by atoms with E-state index in [1.807, 2.05) is 60.7 Å². The summed E-state index contributed by atoms with van der Waals surface area (Å²) in [6, 6.07) is 35.4. The second-order valence-corrected chi connectivity index (χ2v) is 6.55. The van der Waals surface area contributed by atoms with Crippen molar-refractivity contribution in [2.75, 3.05) is 0 Å². The maximum absolute atomic E-state index is 10.0. The van der Waals surface area contributed by atoms with Gasteiger partial charge in [0.15, 0.2) is 0 Å². The number of hydrogen-bond acceptors (Lipinski definition) is 1. The molecule has 1 heterocycles. The minimum atomic E-state index is 0.690. The number of para-hydroxylation sites is 2. The van der Waals surface area contributed by atoms with Gasteiger partial charge in [-0.25, -0.2) is 0 Å². The smallest absolute Gasteiger partial charge is 0.102 e. The Morgan fingerprint density at radius 2 is 1.19 bits per heavy atom. The lowest BCUT2D eigenvalue weighted by Crippen LogP contribution is -1.99. The zero-order valence-corrected chi connectivity index (χ0v) is 14.6. The highest BCUT2D eigenvalue weighted by Gasteiger charge is 2.16. The van der Waals surface area contributed by atoms with E-state index in [4.69, 9.17) is 0 Å². The Hall–Kier alpha value is -3.83. The van der Waals surface area contributed by atoms with Crippen LogP contribution in [-0.4, -0.2) is 4.57 Å². The average molecular weight is 344 g/mol. The van der Waals surface area contributed by atoms with Crippen molar-refractivity contribution >= 4 is 21.8 Å². The van der Waals surface area contributed by atoms with E-state index in [9.17, 15) is 5.26 Å². The number of benzene rings is 4. The zero-order valence-electron chi connectivity index (χ0n) is 14.6. The van der Waals surface area contributed by atoms with Crippen molar-refractivity contribution in [1.29, 1.82) is 5.26 Å². The molecule has 2 nitrogen and oxygen atoms in total. The molecule has 27 heavy (non-hydrogen) atoms. The van der Waals surface area contributed by atoms with Crippen LogP contribution in [-0.2, 0) is 0 Å². The van der Waals surface area contributed by atoms with Crippen LogP contribution in [0.2, 0.25) is 0 Å². The molecule has 4 aromatic carbocycles. The number of aromatic nitrogens is 1. The number of fused-ring (bicyclic) bond motifs is 3. The standard InChI is InChI=1S/C25H16N2/c26-17-22-19(18-9-2-1-3-10-18)13-8-16-25(22)27-23-14-6-4-11-20(23)21-12-5-7-15-24(21)27/h1-16H. The van der Waals surface area contributed by atoms with Gasteiger partial charge in [-0.05, 0) is 23.8 Å². The van der Waals surface area contributed by atoms with Crippen molar-refractivity contribution in [3.63, 3.8) is 0 Å². The largest absolute Gasteiger partial charge is 0.308 e. The fourth-order valence-electron chi connectivity index (χ4n) is 3.88. The Bertz CT molecular complexity index is 1270. The summed E-state index contributed by atoms with van der Waals surface area (Å²) in [5, 5.41) is 12.4. The first-order chi connectivity index (χ1) is 13.4. The summed E-state index contributed by atoms with van der Waals surface area (Å²) in [5.74, 6) is 0. The number of rotatable bonds is 2. The van der Waals surface area contributed by atoms with Crippen LogP contribution in [0.15, 0.2) is 97.1 Å². The molecule has 0 radical (unpaired) electrons. The van der Waals surface area contributed by atoms with Gasteiger partial charge >= 0.3 is 0 Å². The van der Waals surface area contributed by atoms with Gasteiger partial charge in [-0.2, -0.15) is 5.26 Å². The van der Waals surface area contributed by atoms with Gasteiger partial charge in [0.05, 0.1) is 22.3 Å². The first-order valence-corrected chi connectivity index (χ1v) is 8.95. The van der Waals surface area contributed by atoms with Crippen molar-refractivity contribution in [1.82, 2.24) is 4.57 Å². The normalized spacial score (nSPS) is 10.9. The van der Waals surface area contributed by atoms with E-state index in [2.05, 4.69) is 47.0 Å². The molecule has 0 unspecified atom stereocenters. The molecule has 0 bridgehead atoms. The molecule has 0 spiro atoms. The van der Waals surface area contributed by atoms with Crippen molar-refractivity contribution in [2.45, 2.75) is 0 Å². The summed E-state index contributed by atoms with van der Waals surface area (Å²) in [4.78, 5) is 0. The molecule has 0 amide bonds. The molecular weight excluding hydrogens is 328 g/mol. The monoisotopic (exact) mass is 344 g/mol. The third kappa shape index (κ3) is 2.33. The van der Waals surface area contributed by atoms with E-state index >= 15 is 0 Å². The molecule has 2 heteroatoms. The van der Waals surface area contributed by atoms with E-state index < -0.39 is 0 Å². The Morgan fingerprint density at radius 1 is 0.593 bits per heavy atom. The number of nitriles is 1. The first-order valence-electron chi connectivity index (χ1n) is 8.95. The summed E-state index contributed by atoms with van der Waals surface area (Å²) in [7, 11) is 0. The van der Waals surface area contributed by atoms with Gasteiger partial charge in [-0.15, -0.1) is 0 Å². The van der Waals surface area contributed by atoms with Crippen LogP contribution in [0.4, 0.5) is 0 Å². The number of nitrogens with zero attached hydrogens (tertiary/aromatic N) is 2. The highest BCUT2D eigenvalue weighted by molar-refractivity contribution is 6.09. The van der Waals surface area contributed by atoms with Crippen LogP contribution in [0.3, 0.4) is 0 Å². The lowest BCUT2D eigenvalue weighted by Gasteiger charge is -2.13. The van der Waals surface area contributed by atoms with Gasteiger partial charge in [0.1, 0.15) is 6.07 Å². The number of hydrogen-bond donors (Lipinski definition) is 0. The molecule has 0 atom stereocenters. The van der Waals surface area contributed by atoms with Gasteiger partial charge in [0.25, 0.3) is 0 Å². The molecule has 0 N–H and O–H groups in total. The summed E-state index contributed by atoms with van der Waals surface area (Å²) in [5.41, 5.74) is 5.83. The molecule has 0 aliphatic heterocycles. The molecule has 5 rings (SSSR count). The van der Waals surface area contributed by atoms with Gasteiger partial charge in [0.2, 0.25) is 0 Å². The predicted octanol–water partition coefficient (Wildman–Crippen LogP) is 6.32. The van der Waals surface area contributed by atoms with Crippen LogP contribution in [0.25, 0.3) is 38.6 Å². The molecule has 0 aliphatic carbocycles. The van der Waals surface area contributed by atoms with Crippen LogP contribution >= 0.6 is 0 Å². The lowest BCUT2D eigenvalue weighted by molar-refractivity contribution is 1.17. The van der Waals surface area contributed by atoms with Crippen LogP contribution in [0.5, 0.6) is 0 Å². The highest BCUT2D eigenvalue weighted by atomic mass is 15.0. The Labute approximate surface area is 157 Å². The third-order valence-electron chi connectivity index (χ3n) is 5.06. The zero-order chi connectivity index (χ0) is 18.2. The van der Waals surface area contributed by atoms with Gasteiger partial charge < -0.3 is 4.57 Å². The molecule has 0 fully saturated rings. The Morgan fingerprint density at radius 3 is 1.81 bits per heavy atom. The van der Waals surface area contributed by atoms with Crippen molar-refractivity contribution in [2.24, 2.45) is 0 Å². The SMILES string of the molecule is N#Cc1c(-c2ccccc2)cccc1-n1c2ccccc2c2ccccc21. The minimum absolute atomic E-state index is 0.690. The third-order valence-corrected chi connectivity index (χ3v) is 5.06. The van der Waals surface area contributed by atoms with Gasteiger partial charge in [0, 0.05) is 16.3 Å². The highest BCUT2D eigenvalue weighted by Crippen LogP contribution is 2.35. The summed E-state index contributed by atoms with van der Waals surface area (Å²) >= 11 is 0. The average Bonchev–Trinajstić information content (AvgIpc) is 3.08. The maximum atomic E-state index is 10.0. The van der Waals surface area contributed by atoms with Crippen LogP contribution in [0.1, 0.15) is 5.56 Å². The van der Waals surface area contributed by atoms with Crippen LogP contribution < -0.4 is 0 Å².